The third kappa shape index (κ3) is 5.04. The molecule has 1 N–H and O–H groups in total. The van der Waals surface area contributed by atoms with E-state index in [-0.39, 0.29) is 11.8 Å². The van der Waals surface area contributed by atoms with E-state index in [9.17, 15) is 4.79 Å². The van der Waals surface area contributed by atoms with E-state index in [1.54, 1.807) is 12.4 Å². The minimum Gasteiger partial charge on any atom is -0.379 e. The van der Waals surface area contributed by atoms with E-state index in [0.29, 0.717) is 37.8 Å². The Hall–Kier alpha value is -3.85. The molecule has 1 aliphatic rings. The molecule has 4 heterocycles. The number of hydrogen-bond acceptors (Lipinski definition) is 7. The highest BCUT2D eigenvalue weighted by Gasteiger charge is 2.24. The zero-order valence-corrected chi connectivity index (χ0v) is 19.3. The molecule has 3 aromatic heterocycles. The number of aromatic nitrogens is 5. The third-order valence-corrected chi connectivity index (χ3v) is 5.80. The maximum Gasteiger partial charge on any atom is 0.254 e. The summed E-state index contributed by atoms with van der Waals surface area (Å²) in [6.07, 6.45) is 8.15. The number of fused-ring (bicyclic) bond motifs is 1. The molecule has 1 saturated heterocycles. The summed E-state index contributed by atoms with van der Waals surface area (Å²) in [6, 6.07) is 9.38. The first-order chi connectivity index (χ1) is 16.5. The van der Waals surface area contributed by atoms with E-state index in [4.69, 9.17) is 4.74 Å². The quantitative estimate of drug-likeness (QED) is 0.491. The van der Waals surface area contributed by atoms with Gasteiger partial charge in [-0.25, -0.2) is 15.0 Å². The van der Waals surface area contributed by atoms with Gasteiger partial charge < -0.3 is 19.4 Å². The summed E-state index contributed by atoms with van der Waals surface area (Å²) in [5.74, 6) is 0.663. The fraction of sp³-hybridized carbons (Fsp3) is 0.320. The first kappa shape index (κ1) is 22.0. The molecule has 1 atom stereocenters. The monoisotopic (exact) mass is 457 g/mol. The van der Waals surface area contributed by atoms with Crippen LogP contribution in [0.1, 0.15) is 27.4 Å². The lowest BCUT2D eigenvalue weighted by molar-refractivity contribution is 0.0737. The van der Waals surface area contributed by atoms with Crippen LogP contribution in [-0.4, -0.2) is 61.4 Å². The number of carbonyl (C=O) groups is 1. The molecular weight excluding hydrogens is 430 g/mol. The molecule has 0 bridgehead atoms. The van der Waals surface area contributed by atoms with Crippen LogP contribution in [0, 0.1) is 19.8 Å². The predicted molar refractivity (Wildman–Crippen MR) is 128 cm³/mol. The van der Waals surface area contributed by atoms with Gasteiger partial charge in [-0.3, -0.25) is 9.78 Å². The summed E-state index contributed by atoms with van der Waals surface area (Å²) < 4.78 is 7.78. The number of aryl methyl sites for hydroxylation is 2. The highest BCUT2D eigenvalue weighted by molar-refractivity contribution is 5.95. The number of ether oxygens (including phenoxy) is 1. The largest absolute Gasteiger partial charge is 0.379 e. The minimum absolute atomic E-state index is 0.0153. The summed E-state index contributed by atoms with van der Waals surface area (Å²) in [7, 11) is 0. The molecule has 1 aromatic carbocycles. The van der Waals surface area contributed by atoms with Gasteiger partial charge in [0.1, 0.15) is 0 Å². The maximum absolute atomic E-state index is 13.4. The van der Waals surface area contributed by atoms with Crippen molar-refractivity contribution in [1.82, 2.24) is 29.2 Å². The van der Waals surface area contributed by atoms with Gasteiger partial charge in [-0.15, -0.1) is 0 Å². The second kappa shape index (κ2) is 9.56. The molecule has 0 aliphatic carbocycles. The summed E-state index contributed by atoms with van der Waals surface area (Å²) in [5.41, 5.74) is 4.94. The SMILES string of the molecule is Cc1cc(C)nc(Nc2cccc(C(=O)N3CCOCC(Cc4cn5ccnc5cn4)C3)c2)n1. The molecule has 1 amide bonds. The van der Waals surface area contributed by atoms with Crippen LogP contribution in [0.5, 0.6) is 0 Å². The third-order valence-electron chi connectivity index (χ3n) is 5.80. The average Bonchev–Trinajstić information content (AvgIpc) is 3.15. The van der Waals surface area contributed by atoms with Crippen molar-refractivity contribution in [1.29, 1.82) is 0 Å². The molecule has 1 unspecified atom stereocenters. The van der Waals surface area contributed by atoms with Gasteiger partial charge in [0.05, 0.1) is 25.1 Å². The van der Waals surface area contributed by atoms with Gasteiger partial charge in [0.25, 0.3) is 5.91 Å². The van der Waals surface area contributed by atoms with Crippen LogP contribution >= 0.6 is 0 Å². The molecule has 0 spiro atoms. The van der Waals surface area contributed by atoms with Crippen LogP contribution in [0.2, 0.25) is 0 Å². The first-order valence-corrected chi connectivity index (χ1v) is 11.4. The van der Waals surface area contributed by atoms with Crippen LogP contribution < -0.4 is 5.32 Å². The van der Waals surface area contributed by atoms with Crippen molar-refractivity contribution >= 4 is 23.2 Å². The van der Waals surface area contributed by atoms with Crippen LogP contribution in [-0.2, 0) is 11.2 Å². The van der Waals surface area contributed by atoms with Crippen molar-refractivity contribution in [2.45, 2.75) is 20.3 Å². The molecule has 9 heteroatoms. The summed E-state index contributed by atoms with van der Waals surface area (Å²) in [6.45, 7) is 6.15. The Bertz CT molecular complexity index is 1300. The van der Waals surface area contributed by atoms with Gasteiger partial charge in [-0.2, -0.15) is 0 Å². The number of rotatable bonds is 5. The zero-order valence-electron chi connectivity index (χ0n) is 19.3. The Labute approximate surface area is 197 Å². The van der Waals surface area contributed by atoms with Crippen molar-refractivity contribution in [3.63, 3.8) is 0 Å². The van der Waals surface area contributed by atoms with E-state index >= 15 is 0 Å². The average molecular weight is 458 g/mol. The fourth-order valence-electron chi connectivity index (χ4n) is 4.28. The Balaban J connectivity index is 1.29. The number of anilines is 2. The topological polar surface area (TPSA) is 97.5 Å². The minimum atomic E-state index is -0.0153. The van der Waals surface area contributed by atoms with Gasteiger partial charge in [-0.05, 0) is 44.5 Å². The second-order valence-corrected chi connectivity index (χ2v) is 8.65. The molecule has 9 nitrogen and oxygen atoms in total. The summed E-state index contributed by atoms with van der Waals surface area (Å²) in [4.78, 5) is 32.9. The number of carbonyl (C=O) groups excluding carboxylic acids is 1. The van der Waals surface area contributed by atoms with Gasteiger partial charge in [0.15, 0.2) is 5.65 Å². The number of nitrogens with zero attached hydrogens (tertiary/aromatic N) is 6. The smallest absolute Gasteiger partial charge is 0.254 e. The van der Waals surface area contributed by atoms with E-state index in [1.165, 1.54) is 0 Å². The predicted octanol–water partition coefficient (Wildman–Crippen LogP) is 3.21. The Morgan fingerprint density at radius 3 is 2.88 bits per heavy atom. The molecule has 1 fully saturated rings. The van der Waals surface area contributed by atoms with Crippen molar-refractivity contribution < 1.29 is 9.53 Å². The second-order valence-electron chi connectivity index (χ2n) is 8.65. The van der Waals surface area contributed by atoms with Gasteiger partial charge in [0.2, 0.25) is 5.95 Å². The van der Waals surface area contributed by atoms with E-state index < -0.39 is 0 Å². The van der Waals surface area contributed by atoms with Crippen molar-refractivity contribution in [2.75, 3.05) is 31.6 Å². The molecule has 1 aliphatic heterocycles. The van der Waals surface area contributed by atoms with Crippen LogP contribution in [0.3, 0.4) is 0 Å². The molecule has 34 heavy (non-hydrogen) atoms. The zero-order chi connectivity index (χ0) is 23.5. The maximum atomic E-state index is 13.4. The van der Waals surface area contributed by atoms with Crippen LogP contribution in [0.4, 0.5) is 11.6 Å². The van der Waals surface area contributed by atoms with E-state index in [1.807, 2.05) is 65.9 Å². The Kier molecular flexibility index (Phi) is 6.18. The molecule has 0 radical (unpaired) electrons. The van der Waals surface area contributed by atoms with Crippen molar-refractivity contribution in [2.24, 2.45) is 5.92 Å². The van der Waals surface area contributed by atoms with Crippen LogP contribution in [0.15, 0.2) is 55.1 Å². The lowest BCUT2D eigenvalue weighted by atomic mass is 10.0. The van der Waals surface area contributed by atoms with Crippen molar-refractivity contribution in [3.8, 4) is 0 Å². The summed E-state index contributed by atoms with van der Waals surface area (Å²) in [5, 5.41) is 3.22. The molecular formula is C25H27N7O2. The fourth-order valence-corrected chi connectivity index (χ4v) is 4.28. The van der Waals surface area contributed by atoms with Gasteiger partial charge in [-0.1, -0.05) is 6.07 Å². The highest BCUT2D eigenvalue weighted by Crippen LogP contribution is 2.19. The first-order valence-electron chi connectivity index (χ1n) is 11.4. The molecule has 174 valence electrons. The molecule has 5 rings (SSSR count). The highest BCUT2D eigenvalue weighted by atomic mass is 16.5. The van der Waals surface area contributed by atoms with Gasteiger partial charge in [0, 0.05) is 60.2 Å². The lowest BCUT2D eigenvalue weighted by Crippen LogP contribution is -2.36. The number of amides is 1. The standard InChI is InChI=1S/C25H27N7O2/c1-17-10-18(2)29-25(28-17)30-21-5-3-4-20(12-21)24(33)32-8-9-34-16-19(14-32)11-22-15-31-7-6-26-23(31)13-27-22/h3-7,10,12-13,15,19H,8-9,11,14,16H2,1-2H3,(H,28,29,30). The summed E-state index contributed by atoms with van der Waals surface area (Å²) >= 11 is 0. The number of benzene rings is 1. The number of nitrogens with one attached hydrogen (secondary N) is 1. The normalized spacial score (nSPS) is 16.4. The molecule has 0 saturated carbocycles. The Morgan fingerprint density at radius 2 is 2.03 bits per heavy atom. The number of hydrogen-bond donors (Lipinski definition) is 1. The Morgan fingerprint density at radius 1 is 1.18 bits per heavy atom. The van der Waals surface area contributed by atoms with E-state index in [2.05, 4.69) is 25.3 Å². The van der Waals surface area contributed by atoms with Crippen molar-refractivity contribution in [3.05, 3.63) is 77.8 Å². The number of imidazole rings is 1. The van der Waals surface area contributed by atoms with E-state index in [0.717, 1.165) is 34.8 Å². The lowest BCUT2D eigenvalue weighted by Gasteiger charge is -2.24. The van der Waals surface area contributed by atoms with Gasteiger partial charge >= 0.3 is 0 Å². The van der Waals surface area contributed by atoms with Crippen LogP contribution in [0.25, 0.3) is 5.65 Å². The molecule has 4 aromatic rings.